The average Bonchev–Trinajstić information content (AvgIpc) is 2.34. The maximum Gasteiger partial charge on any atom is 0.405 e. The molecule has 0 unspecified atom stereocenters. The summed E-state index contributed by atoms with van der Waals surface area (Å²) >= 11 is 0. The van der Waals surface area contributed by atoms with Gasteiger partial charge in [0.05, 0.1) is 28.8 Å². The van der Waals surface area contributed by atoms with Crippen molar-refractivity contribution in [2.24, 2.45) is 11.8 Å². The average molecular weight is 345 g/mol. The molecule has 0 radical (unpaired) electrons. The molecular formula is C14H26F3NO3S. The van der Waals surface area contributed by atoms with Gasteiger partial charge in [-0.1, -0.05) is 20.3 Å². The normalized spacial score (nSPS) is 17.2. The molecule has 0 aliphatic carbocycles. The van der Waals surface area contributed by atoms with E-state index in [4.69, 9.17) is 0 Å². The molecular weight excluding hydrogens is 319 g/mol. The van der Waals surface area contributed by atoms with Crippen molar-refractivity contribution in [2.45, 2.75) is 64.4 Å². The van der Waals surface area contributed by atoms with Crippen molar-refractivity contribution >= 4 is 17.0 Å². The molecule has 0 spiro atoms. The number of methoxy groups -OCH3 is 1. The Morgan fingerprint density at radius 3 is 2.00 bits per heavy atom. The van der Waals surface area contributed by atoms with Crippen LogP contribution >= 0.6 is 0 Å². The predicted octanol–water partition coefficient (Wildman–Crippen LogP) is 3.19. The van der Waals surface area contributed by atoms with E-state index in [1.165, 1.54) is 0 Å². The SMILES string of the molecule is COC(=O)[C@H](CCC(C)C)[C@@H](N[S@](=O)C(C)(C)C)C(F)(F)F. The van der Waals surface area contributed by atoms with E-state index in [0.29, 0.717) is 6.42 Å². The number of carbonyl (C=O) groups is 1. The summed E-state index contributed by atoms with van der Waals surface area (Å²) in [5.41, 5.74) is 0. The van der Waals surface area contributed by atoms with Crippen molar-refractivity contribution in [2.75, 3.05) is 7.11 Å². The van der Waals surface area contributed by atoms with Gasteiger partial charge in [-0.25, -0.2) is 8.93 Å². The molecule has 0 aliphatic heterocycles. The van der Waals surface area contributed by atoms with Crippen LogP contribution in [0, 0.1) is 11.8 Å². The van der Waals surface area contributed by atoms with Gasteiger partial charge in [0, 0.05) is 0 Å². The fourth-order valence-electron chi connectivity index (χ4n) is 1.75. The lowest BCUT2D eigenvalue weighted by Crippen LogP contribution is -2.53. The summed E-state index contributed by atoms with van der Waals surface area (Å²) in [6.45, 7) is 8.40. The molecule has 0 aromatic rings. The van der Waals surface area contributed by atoms with Crippen LogP contribution in [0.15, 0.2) is 0 Å². The van der Waals surface area contributed by atoms with Gasteiger partial charge in [0.25, 0.3) is 0 Å². The molecule has 0 amide bonds. The van der Waals surface area contributed by atoms with E-state index < -0.39 is 39.8 Å². The van der Waals surface area contributed by atoms with Gasteiger partial charge in [-0.15, -0.1) is 0 Å². The van der Waals surface area contributed by atoms with Crippen molar-refractivity contribution < 1.29 is 26.9 Å². The number of halogens is 3. The van der Waals surface area contributed by atoms with Gasteiger partial charge in [0.2, 0.25) is 0 Å². The largest absolute Gasteiger partial charge is 0.469 e. The summed E-state index contributed by atoms with van der Waals surface area (Å²) in [6, 6.07) is -2.20. The maximum absolute atomic E-state index is 13.3. The molecule has 132 valence electrons. The molecule has 0 aliphatic rings. The van der Waals surface area contributed by atoms with E-state index >= 15 is 0 Å². The Morgan fingerprint density at radius 2 is 1.68 bits per heavy atom. The van der Waals surface area contributed by atoms with Crippen molar-refractivity contribution in [1.29, 1.82) is 0 Å². The standard InChI is InChI=1S/C14H26F3NO3S/c1-9(2)7-8-10(12(19)21-6)11(14(15,16)17)18-22(20)13(3,4)5/h9-11,18H,7-8H2,1-6H3/t10-,11-,22-/m1/s1. The van der Waals surface area contributed by atoms with Gasteiger partial charge in [-0.3, -0.25) is 4.79 Å². The van der Waals surface area contributed by atoms with Gasteiger partial charge in [-0.2, -0.15) is 13.2 Å². The van der Waals surface area contributed by atoms with Crippen LogP contribution < -0.4 is 4.72 Å². The number of rotatable bonds is 7. The Morgan fingerprint density at radius 1 is 1.18 bits per heavy atom. The molecule has 0 aromatic heterocycles. The molecule has 0 aromatic carbocycles. The molecule has 8 heteroatoms. The van der Waals surface area contributed by atoms with Gasteiger partial charge in [0.1, 0.15) is 6.04 Å². The lowest BCUT2D eigenvalue weighted by atomic mass is 9.91. The van der Waals surface area contributed by atoms with Gasteiger partial charge < -0.3 is 4.74 Å². The Balaban J connectivity index is 5.40. The third kappa shape index (κ3) is 7.09. The van der Waals surface area contributed by atoms with Gasteiger partial charge >= 0.3 is 12.1 Å². The molecule has 0 saturated heterocycles. The molecule has 22 heavy (non-hydrogen) atoms. The van der Waals surface area contributed by atoms with E-state index in [-0.39, 0.29) is 12.3 Å². The van der Waals surface area contributed by atoms with Crippen LogP contribution in [0.3, 0.4) is 0 Å². The summed E-state index contributed by atoms with van der Waals surface area (Å²) < 4.78 is 57.7. The zero-order valence-corrected chi connectivity index (χ0v) is 14.7. The number of nitrogens with one attached hydrogen (secondary N) is 1. The highest BCUT2D eigenvalue weighted by atomic mass is 32.2. The molecule has 4 nitrogen and oxygen atoms in total. The van der Waals surface area contributed by atoms with E-state index in [1.807, 2.05) is 13.8 Å². The number of carbonyl (C=O) groups excluding carboxylic acids is 1. The Bertz CT molecular complexity index is 392. The van der Waals surface area contributed by atoms with E-state index in [1.54, 1.807) is 20.8 Å². The Hall–Kier alpha value is -0.630. The third-order valence-electron chi connectivity index (χ3n) is 3.10. The Labute approximate surface area is 132 Å². The van der Waals surface area contributed by atoms with E-state index in [0.717, 1.165) is 7.11 Å². The molecule has 0 rings (SSSR count). The zero-order chi connectivity index (χ0) is 17.7. The maximum atomic E-state index is 13.3. The monoisotopic (exact) mass is 345 g/mol. The minimum atomic E-state index is -4.70. The number of esters is 1. The molecule has 3 atom stereocenters. The molecule has 0 fully saturated rings. The molecule has 0 bridgehead atoms. The number of ether oxygens (including phenoxy) is 1. The van der Waals surface area contributed by atoms with Crippen LogP contribution in [0.4, 0.5) is 13.2 Å². The quantitative estimate of drug-likeness (QED) is 0.721. The van der Waals surface area contributed by atoms with Crippen LogP contribution in [-0.4, -0.2) is 34.3 Å². The summed E-state index contributed by atoms with van der Waals surface area (Å²) in [6.07, 6.45) is -4.24. The molecule has 0 heterocycles. The van der Waals surface area contributed by atoms with Crippen LogP contribution in [0.2, 0.25) is 0 Å². The summed E-state index contributed by atoms with van der Waals surface area (Å²) in [5.74, 6) is -2.21. The van der Waals surface area contributed by atoms with Gasteiger partial charge in [0.15, 0.2) is 0 Å². The van der Waals surface area contributed by atoms with E-state index in [9.17, 15) is 22.2 Å². The minimum Gasteiger partial charge on any atom is -0.469 e. The van der Waals surface area contributed by atoms with Crippen LogP contribution in [0.5, 0.6) is 0 Å². The summed E-state index contributed by atoms with van der Waals surface area (Å²) in [5, 5.41) is 0. The summed E-state index contributed by atoms with van der Waals surface area (Å²) in [4.78, 5) is 11.8. The second-order valence-corrected chi connectivity index (χ2v) is 8.62. The first-order valence-corrected chi connectivity index (χ1v) is 8.28. The van der Waals surface area contributed by atoms with Crippen molar-refractivity contribution in [3.05, 3.63) is 0 Å². The highest BCUT2D eigenvalue weighted by Crippen LogP contribution is 2.31. The Kier molecular flexibility index (Phi) is 8.05. The summed E-state index contributed by atoms with van der Waals surface area (Å²) in [7, 11) is -0.891. The number of hydrogen-bond donors (Lipinski definition) is 1. The fraction of sp³-hybridized carbons (Fsp3) is 0.929. The minimum absolute atomic E-state index is 0.0167. The predicted molar refractivity (Wildman–Crippen MR) is 80.5 cm³/mol. The lowest BCUT2D eigenvalue weighted by molar-refractivity contribution is -0.178. The second-order valence-electron chi connectivity index (χ2n) is 6.62. The number of alkyl halides is 3. The van der Waals surface area contributed by atoms with E-state index in [2.05, 4.69) is 9.46 Å². The van der Waals surface area contributed by atoms with Crippen LogP contribution in [-0.2, 0) is 20.5 Å². The second kappa shape index (κ2) is 8.29. The first-order chi connectivity index (χ1) is 9.80. The van der Waals surface area contributed by atoms with Crippen LogP contribution in [0.25, 0.3) is 0 Å². The smallest absolute Gasteiger partial charge is 0.405 e. The van der Waals surface area contributed by atoms with Crippen LogP contribution in [0.1, 0.15) is 47.5 Å². The zero-order valence-electron chi connectivity index (χ0n) is 13.9. The van der Waals surface area contributed by atoms with Crippen molar-refractivity contribution in [3.8, 4) is 0 Å². The first kappa shape index (κ1) is 21.4. The fourth-order valence-corrected chi connectivity index (χ4v) is 2.64. The van der Waals surface area contributed by atoms with Crippen molar-refractivity contribution in [3.63, 3.8) is 0 Å². The number of hydrogen-bond acceptors (Lipinski definition) is 3. The van der Waals surface area contributed by atoms with Crippen molar-refractivity contribution in [1.82, 2.24) is 4.72 Å². The topological polar surface area (TPSA) is 55.4 Å². The van der Waals surface area contributed by atoms with Gasteiger partial charge in [-0.05, 0) is 33.1 Å². The molecule has 0 saturated carbocycles. The third-order valence-corrected chi connectivity index (χ3v) is 4.68. The lowest BCUT2D eigenvalue weighted by Gasteiger charge is -2.30. The highest BCUT2D eigenvalue weighted by Gasteiger charge is 2.49. The highest BCUT2D eigenvalue weighted by molar-refractivity contribution is 7.84. The molecule has 1 N–H and O–H groups in total. The first-order valence-electron chi connectivity index (χ1n) is 7.13.